The molecule has 84 valence electrons. The molecule has 1 fully saturated rings. The van der Waals surface area contributed by atoms with Crippen LogP contribution in [0.4, 0.5) is 0 Å². The highest BCUT2D eigenvalue weighted by Crippen LogP contribution is 2.25. The van der Waals surface area contributed by atoms with Crippen LogP contribution in [0.3, 0.4) is 0 Å². The Labute approximate surface area is 91.4 Å². The molecule has 2 unspecified atom stereocenters. The number of aryl methyl sites for hydroxylation is 1. The summed E-state index contributed by atoms with van der Waals surface area (Å²) in [7, 11) is 2.04. The Morgan fingerprint density at radius 3 is 2.87 bits per heavy atom. The number of hydrogen-bond acceptors (Lipinski definition) is 3. The average Bonchev–Trinajstić information content (AvgIpc) is 2.84. The number of hydrogen-bond donors (Lipinski definition) is 1. The Morgan fingerprint density at radius 2 is 2.33 bits per heavy atom. The van der Waals surface area contributed by atoms with Gasteiger partial charge < -0.3 is 9.73 Å². The molecule has 3 heteroatoms. The summed E-state index contributed by atoms with van der Waals surface area (Å²) in [4.78, 5) is 2.47. The quantitative estimate of drug-likeness (QED) is 0.823. The van der Waals surface area contributed by atoms with Crippen molar-refractivity contribution in [1.29, 1.82) is 0 Å². The molecule has 0 amide bonds. The normalized spacial score (nSPS) is 24.6. The average molecular weight is 208 g/mol. The van der Waals surface area contributed by atoms with E-state index in [1.807, 2.05) is 20.0 Å². The third-order valence-electron chi connectivity index (χ3n) is 3.35. The summed E-state index contributed by atoms with van der Waals surface area (Å²) in [5.74, 6) is 2.09. The molecule has 2 rings (SSSR count). The molecular formula is C12H20N2O. The van der Waals surface area contributed by atoms with E-state index < -0.39 is 0 Å². The predicted molar refractivity (Wildman–Crippen MR) is 60.9 cm³/mol. The Balaban J connectivity index is 2.00. The van der Waals surface area contributed by atoms with Crippen molar-refractivity contribution in [1.82, 2.24) is 10.2 Å². The SMILES string of the molecule is CNC1CCN(C(C)c2ccc(C)o2)C1. The first kappa shape index (κ1) is 10.7. The zero-order valence-electron chi connectivity index (χ0n) is 9.79. The van der Waals surface area contributed by atoms with E-state index in [1.54, 1.807) is 0 Å². The highest BCUT2D eigenvalue weighted by atomic mass is 16.3. The van der Waals surface area contributed by atoms with Crippen molar-refractivity contribution in [3.63, 3.8) is 0 Å². The largest absolute Gasteiger partial charge is 0.465 e. The molecule has 2 atom stereocenters. The standard InChI is InChI=1S/C12H20N2O/c1-9-4-5-12(15-9)10(2)14-7-6-11(8-14)13-3/h4-5,10-11,13H,6-8H2,1-3H3. The van der Waals surface area contributed by atoms with Crippen LogP contribution < -0.4 is 5.32 Å². The molecule has 0 aliphatic carbocycles. The van der Waals surface area contributed by atoms with Gasteiger partial charge in [-0.2, -0.15) is 0 Å². The zero-order valence-corrected chi connectivity index (χ0v) is 9.79. The summed E-state index contributed by atoms with van der Waals surface area (Å²) in [6, 6.07) is 5.17. The molecule has 0 spiro atoms. The van der Waals surface area contributed by atoms with E-state index >= 15 is 0 Å². The van der Waals surface area contributed by atoms with Crippen LogP contribution in [0.2, 0.25) is 0 Å². The fourth-order valence-electron chi connectivity index (χ4n) is 2.23. The van der Waals surface area contributed by atoms with Gasteiger partial charge in [-0.05, 0) is 39.4 Å². The van der Waals surface area contributed by atoms with Gasteiger partial charge in [-0.25, -0.2) is 0 Å². The molecule has 0 bridgehead atoms. The first-order valence-electron chi connectivity index (χ1n) is 5.68. The Bertz CT molecular complexity index is 321. The number of rotatable bonds is 3. The minimum atomic E-state index is 0.400. The van der Waals surface area contributed by atoms with E-state index in [4.69, 9.17) is 4.42 Å². The smallest absolute Gasteiger partial charge is 0.121 e. The van der Waals surface area contributed by atoms with Crippen LogP contribution in [0.25, 0.3) is 0 Å². The highest BCUT2D eigenvalue weighted by molar-refractivity contribution is 5.09. The Kier molecular flexibility index (Phi) is 3.12. The number of likely N-dealkylation sites (N-methyl/N-ethyl adjacent to an activating group) is 1. The van der Waals surface area contributed by atoms with Gasteiger partial charge in [-0.3, -0.25) is 4.90 Å². The summed E-state index contributed by atoms with van der Waals surface area (Å²) >= 11 is 0. The van der Waals surface area contributed by atoms with Crippen molar-refractivity contribution in [2.75, 3.05) is 20.1 Å². The Morgan fingerprint density at radius 1 is 1.53 bits per heavy atom. The minimum absolute atomic E-state index is 0.400. The first-order valence-corrected chi connectivity index (χ1v) is 5.68. The molecule has 1 aromatic heterocycles. The van der Waals surface area contributed by atoms with Crippen LogP contribution in [0.15, 0.2) is 16.5 Å². The number of nitrogens with one attached hydrogen (secondary N) is 1. The van der Waals surface area contributed by atoms with Crippen LogP contribution in [0.5, 0.6) is 0 Å². The maximum Gasteiger partial charge on any atom is 0.121 e. The van der Waals surface area contributed by atoms with E-state index in [9.17, 15) is 0 Å². The van der Waals surface area contributed by atoms with E-state index in [-0.39, 0.29) is 0 Å². The lowest BCUT2D eigenvalue weighted by Crippen LogP contribution is -2.30. The van der Waals surface area contributed by atoms with Gasteiger partial charge >= 0.3 is 0 Å². The van der Waals surface area contributed by atoms with E-state index in [1.165, 1.54) is 6.42 Å². The highest BCUT2D eigenvalue weighted by Gasteiger charge is 2.26. The third-order valence-corrected chi connectivity index (χ3v) is 3.35. The minimum Gasteiger partial charge on any atom is -0.465 e. The maximum absolute atomic E-state index is 5.66. The summed E-state index contributed by atoms with van der Waals surface area (Å²) in [5.41, 5.74) is 0. The van der Waals surface area contributed by atoms with Gasteiger partial charge in [0.1, 0.15) is 11.5 Å². The predicted octanol–water partition coefficient (Wildman–Crippen LogP) is 1.94. The van der Waals surface area contributed by atoms with Crippen molar-refractivity contribution >= 4 is 0 Å². The number of likely N-dealkylation sites (tertiary alicyclic amines) is 1. The zero-order chi connectivity index (χ0) is 10.8. The Hall–Kier alpha value is -0.800. The molecule has 1 saturated heterocycles. The van der Waals surface area contributed by atoms with Gasteiger partial charge in [0.2, 0.25) is 0 Å². The van der Waals surface area contributed by atoms with Crippen molar-refractivity contribution in [3.05, 3.63) is 23.7 Å². The third kappa shape index (κ3) is 2.24. The monoisotopic (exact) mass is 208 g/mol. The molecule has 1 N–H and O–H groups in total. The summed E-state index contributed by atoms with van der Waals surface area (Å²) in [5, 5.41) is 3.33. The van der Waals surface area contributed by atoms with Gasteiger partial charge in [0, 0.05) is 19.1 Å². The topological polar surface area (TPSA) is 28.4 Å². The molecule has 1 aromatic rings. The lowest BCUT2D eigenvalue weighted by Gasteiger charge is -2.22. The second-order valence-electron chi connectivity index (χ2n) is 4.39. The number of furan rings is 1. The molecule has 0 aromatic carbocycles. The molecule has 15 heavy (non-hydrogen) atoms. The molecule has 0 saturated carbocycles. The fraction of sp³-hybridized carbons (Fsp3) is 0.667. The molecular weight excluding hydrogens is 188 g/mol. The summed E-state index contributed by atoms with van der Waals surface area (Å²) in [6.07, 6.45) is 1.24. The van der Waals surface area contributed by atoms with Gasteiger partial charge in [0.15, 0.2) is 0 Å². The van der Waals surface area contributed by atoms with E-state index in [2.05, 4.69) is 23.2 Å². The maximum atomic E-state index is 5.66. The number of nitrogens with zero attached hydrogens (tertiary/aromatic N) is 1. The van der Waals surface area contributed by atoms with Crippen LogP contribution in [-0.4, -0.2) is 31.1 Å². The second kappa shape index (κ2) is 4.37. The van der Waals surface area contributed by atoms with Crippen molar-refractivity contribution in [2.45, 2.75) is 32.4 Å². The van der Waals surface area contributed by atoms with Gasteiger partial charge in [0.05, 0.1) is 6.04 Å². The summed E-state index contributed by atoms with van der Waals surface area (Å²) < 4.78 is 5.66. The first-order chi connectivity index (χ1) is 7.20. The van der Waals surface area contributed by atoms with Gasteiger partial charge in [-0.15, -0.1) is 0 Å². The lowest BCUT2D eigenvalue weighted by atomic mass is 10.2. The second-order valence-corrected chi connectivity index (χ2v) is 4.39. The van der Waals surface area contributed by atoms with E-state index in [0.717, 1.165) is 24.6 Å². The lowest BCUT2D eigenvalue weighted by molar-refractivity contribution is 0.225. The molecule has 3 nitrogen and oxygen atoms in total. The van der Waals surface area contributed by atoms with Crippen LogP contribution in [0.1, 0.15) is 30.9 Å². The van der Waals surface area contributed by atoms with Crippen molar-refractivity contribution in [2.24, 2.45) is 0 Å². The van der Waals surface area contributed by atoms with Gasteiger partial charge in [0.25, 0.3) is 0 Å². The molecule has 1 aliphatic rings. The molecule has 2 heterocycles. The van der Waals surface area contributed by atoms with Crippen LogP contribution in [-0.2, 0) is 0 Å². The van der Waals surface area contributed by atoms with E-state index in [0.29, 0.717) is 12.1 Å². The summed E-state index contributed by atoms with van der Waals surface area (Å²) in [6.45, 7) is 6.50. The van der Waals surface area contributed by atoms with Crippen LogP contribution >= 0.6 is 0 Å². The van der Waals surface area contributed by atoms with Crippen molar-refractivity contribution in [3.8, 4) is 0 Å². The van der Waals surface area contributed by atoms with Gasteiger partial charge in [-0.1, -0.05) is 0 Å². The van der Waals surface area contributed by atoms with Crippen LogP contribution in [0, 0.1) is 6.92 Å². The van der Waals surface area contributed by atoms with Crippen molar-refractivity contribution < 1.29 is 4.42 Å². The molecule has 1 aliphatic heterocycles. The molecule has 0 radical (unpaired) electrons. The fourth-order valence-corrected chi connectivity index (χ4v) is 2.23.